The number of aliphatic hydroxyl groups excluding tert-OH is 1. The van der Waals surface area contributed by atoms with Crippen LogP contribution in [0.4, 0.5) is 0 Å². The SMILES string of the molecule is CCCCCCCCCCCCCCCCCCCC(=O)OCCC(C)(CCO)OC(=O)CCCCCCCCCCCCCCCCCCC. The van der Waals surface area contributed by atoms with Crippen LogP contribution in [0.2, 0.25) is 0 Å². The topological polar surface area (TPSA) is 72.8 Å². The summed E-state index contributed by atoms with van der Waals surface area (Å²) in [7, 11) is 0. The van der Waals surface area contributed by atoms with Crippen molar-refractivity contribution in [2.24, 2.45) is 0 Å². The van der Waals surface area contributed by atoms with E-state index in [0.717, 1.165) is 25.7 Å². The molecular formula is C46H90O5. The van der Waals surface area contributed by atoms with Crippen LogP contribution < -0.4 is 0 Å². The minimum atomic E-state index is -0.797. The van der Waals surface area contributed by atoms with Crippen molar-refractivity contribution in [2.75, 3.05) is 13.2 Å². The fourth-order valence-electron chi connectivity index (χ4n) is 7.23. The summed E-state index contributed by atoms with van der Waals surface area (Å²) in [6.07, 6.45) is 46.5. The van der Waals surface area contributed by atoms with Crippen molar-refractivity contribution in [3.05, 3.63) is 0 Å². The standard InChI is InChI=1S/C46H90O5/c1-4-6-8-10-12-14-16-18-20-22-24-26-28-30-32-34-36-38-44(48)50-43-41-46(3,40-42-47)51-45(49)39-37-35-33-31-29-27-25-23-21-19-17-15-13-11-9-7-5-2/h47H,4-43H2,1-3H3. The van der Waals surface area contributed by atoms with E-state index < -0.39 is 5.60 Å². The summed E-state index contributed by atoms with van der Waals surface area (Å²) in [5.74, 6) is -0.376. The van der Waals surface area contributed by atoms with Gasteiger partial charge in [-0.1, -0.05) is 219 Å². The smallest absolute Gasteiger partial charge is 0.306 e. The Labute approximate surface area is 319 Å². The van der Waals surface area contributed by atoms with Gasteiger partial charge in [-0.25, -0.2) is 0 Å². The van der Waals surface area contributed by atoms with E-state index in [-0.39, 0.29) is 25.2 Å². The van der Waals surface area contributed by atoms with E-state index in [2.05, 4.69) is 13.8 Å². The average molecular weight is 723 g/mol. The molecule has 0 aliphatic rings. The van der Waals surface area contributed by atoms with Gasteiger partial charge in [0, 0.05) is 32.3 Å². The molecule has 51 heavy (non-hydrogen) atoms. The van der Waals surface area contributed by atoms with Gasteiger partial charge in [-0.15, -0.1) is 0 Å². The Hall–Kier alpha value is -1.10. The molecule has 1 N–H and O–H groups in total. The summed E-state index contributed by atoms with van der Waals surface area (Å²) >= 11 is 0. The van der Waals surface area contributed by atoms with E-state index in [4.69, 9.17) is 9.47 Å². The fraction of sp³-hybridized carbons (Fsp3) is 0.957. The molecule has 0 radical (unpaired) electrons. The molecule has 0 heterocycles. The number of hydrogen-bond donors (Lipinski definition) is 1. The third-order valence-electron chi connectivity index (χ3n) is 10.9. The van der Waals surface area contributed by atoms with Crippen LogP contribution in [-0.4, -0.2) is 35.9 Å². The fourth-order valence-corrected chi connectivity index (χ4v) is 7.23. The van der Waals surface area contributed by atoms with Gasteiger partial charge in [0.05, 0.1) is 6.61 Å². The number of carbonyl (C=O) groups is 2. The second-order valence-electron chi connectivity index (χ2n) is 16.2. The predicted octanol–water partition coefficient (Wildman–Crippen LogP) is 14.7. The lowest BCUT2D eigenvalue weighted by Gasteiger charge is -2.29. The first-order chi connectivity index (χ1) is 25.0. The molecular weight excluding hydrogens is 633 g/mol. The molecule has 0 aliphatic heterocycles. The molecule has 0 saturated heterocycles. The normalized spacial score (nSPS) is 12.6. The number of carbonyl (C=O) groups excluding carboxylic acids is 2. The van der Waals surface area contributed by atoms with Gasteiger partial charge in [0.15, 0.2) is 0 Å². The van der Waals surface area contributed by atoms with Gasteiger partial charge in [-0.05, 0) is 19.8 Å². The molecule has 0 aliphatic carbocycles. The van der Waals surface area contributed by atoms with Crippen molar-refractivity contribution >= 4 is 11.9 Å². The highest BCUT2D eigenvalue weighted by atomic mass is 16.6. The summed E-state index contributed by atoms with van der Waals surface area (Å²) in [4.78, 5) is 24.8. The number of esters is 2. The molecule has 0 spiro atoms. The Morgan fingerprint density at radius 2 is 0.686 bits per heavy atom. The lowest BCUT2D eigenvalue weighted by Crippen LogP contribution is -2.34. The quantitative estimate of drug-likeness (QED) is 0.0501. The average Bonchev–Trinajstić information content (AvgIpc) is 3.11. The number of rotatable bonds is 42. The van der Waals surface area contributed by atoms with E-state index in [0.29, 0.717) is 25.7 Å². The minimum Gasteiger partial charge on any atom is -0.466 e. The molecule has 0 aromatic carbocycles. The monoisotopic (exact) mass is 723 g/mol. The molecule has 0 fully saturated rings. The molecule has 1 atom stereocenters. The van der Waals surface area contributed by atoms with E-state index in [1.54, 1.807) is 0 Å². The number of unbranched alkanes of at least 4 members (excludes halogenated alkanes) is 32. The summed E-state index contributed by atoms with van der Waals surface area (Å²) in [6, 6.07) is 0. The summed E-state index contributed by atoms with van der Waals surface area (Å²) in [6.45, 7) is 6.57. The highest BCUT2D eigenvalue weighted by Crippen LogP contribution is 2.23. The second-order valence-corrected chi connectivity index (χ2v) is 16.2. The largest absolute Gasteiger partial charge is 0.466 e. The van der Waals surface area contributed by atoms with E-state index >= 15 is 0 Å². The van der Waals surface area contributed by atoms with Crippen LogP contribution in [0.15, 0.2) is 0 Å². The predicted molar refractivity (Wildman–Crippen MR) is 219 cm³/mol. The van der Waals surface area contributed by atoms with Crippen molar-refractivity contribution in [3.63, 3.8) is 0 Å². The van der Waals surface area contributed by atoms with Gasteiger partial charge in [-0.3, -0.25) is 9.59 Å². The molecule has 0 aromatic rings. The molecule has 1 unspecified atom stereocenters. The number of ether oxygens (including phenoxy) is 2. The van der Waals surface area contributed by atoms with Crippen molar-refractivity contribution in [1.82, 2.24) is 0 Å². The first-order valence-electron chi connectivity index (χ1n) is 23.0. The molecule has 0 amide bonds. The van der Waals surface area contributed by atoms with Crippen LogP contribution in [0.3, 0.4) is 0 Å². The van der Waals surface area contributed by atoms with E-state index in [1.165, 1.54) is 193 Å². The van der Waals surface area contributed by atoms with Crippen LogP contribution in [-0.2, 0) is 19.1 Å². The highest BCUT2D eigenvalue weighted by Gasteiger charge is 2.28. The summed E-state index contributed by atoms with van der Waals surface area (Å²) < 4.78 is 11.3. The number of aliphatic hydroxyl groups is 1. The van der Waals surface area contributed by atoms with E-state index in [9.17, 15) is 14.7 Å². The minimum absolute atomic E-state index is 0.0594. The van der Waals surface area contributed by atoms with Crippen molar-refractivity contribution in [1.29, 1.82) is 0 Å². The first-order valence-corrected chi connectivity index (χ1v) is 23.0. The van der Waals surface area contributed by atoms with Crippen LogP contribution in [0, 0.1) is 0 Å². The Morgan fingerprint density at radius 3 is 0.980 bits per heavy atom. The molecule has 5 heteroatoms. The van der Waals surface area contributed by atoms with E-state index in [1.807, 2.05) is 6.92 Å². The Bertz CT molecular complexity index is 724. The van der Waals surface area contributed by atoms with Gasteiger partial charge in [0.25, 0.3) is 0 Å². The highest BCUT2D eigenvalue weighted by molar-refractivity contribution is 5.70. The summed E-state index contributed by atoms with van der Waals surface area (Å²) in [5.41, 5.74) is -0.797. The van der Waals surface area contributed by atoms with Gasteiger partial charge in [0.1, 0.15) is 5.60 Å². The van der Waals surface area contributed by atoms with Gasteiger partial charge >= 0.3 is 11.9 Å². The second kappa shape index (κ2) is 40.1. The summed E-state index contributed by atoms with van der Waals surface area (Å²) in [5, 5.41) is 9.57. The zero-order valence-electron chi connectivity index (χ0n) is 34.9. The van der Waals surface area contributed by atoms with Gasteiger partial charge in [0.2, 0.25) is 0 Å². The maximum atomic E-state index is 12.6. The third-order valence-corrected chi connectivity index (χ3v) is 10.9. The lowest BCUT2D eigenvalue weighted by atomic mass is 9.98. The van der Waals surface area contributed by atoms with Crippen molar-refractivity contribution < 1.29 is 24.2 Å². The van der Waals surface area contributed by atoms with Gasteiger partial charge in [-0.2, -0.15) is 0 Å². The Morgan fingerprint density at radius 1 is 0.412 bits per heavy atom. The van der Waals surface area contributed by atoms with Crippen molar-refractivity contribution in [2.45, 2.75) is 270 Å². The molecule has 0 bridgehead atoms. The zero-order valence-corrected chi connectivity index (χ0v) is 34.9. The number of hydrogen-bond acceptors (Lipinski definition) is 5. The third kappa shape index (κ3) is 38.4. The lowest BCUT2D eigenvalue weighted by molar-refractivity contribution is -0.162. The van der Waals surface area contributed by atoms with Crippen LogP contribution >= 0.6 is 0 Å². The van der Waals surface area contributed by atoms with Crippen LogP contribution in [0.1, 0.15) is 265 Å². The zero-order chi connectivity index (χ0) is 37.4. The van der Waals surface area contributed by atoms with Crippen LogP contribution in [0.5, 0.6) is 0 Å². The molecule has 0 saturated carbocycles. The molecule has 5 nitrogen and oxygen atoms in total. The van der Waals surface area contributed by atoms with Gasteiger partial charge < -0.3 is 14.6 Å². The Kier molecular flexibility index (Phi) is 39.2. The molecule has 304 valence electrons. The Balaban J connectivity index is 3.66. The maximum absolute atomic E-state index is 12.6. The molecule has 0 rings (SSSR count). The molecule has 0 aromatic heterocycles. The first kappa shape index (κ1) is 49.9. The van der Waals surface area contributed by atoms with Crippen molar-refractivity contribution in [3.8, 4) is 0 Å². The van der Waals surface area contributed by atoms with Crippen LogP contribution in [0.25, 0.3) is 0 Å². The maximum Gasteiger partial charge on any atom is 0.306 e.